The maximum absolute atomic E-state index is 11.7. The summed E-state index contributed by atoms with van der Waals surface area (Å²) >= 11 is 0. The molecule has 0 radical (unpaired) electrons. The lowest BCUT2D eigenvalue weighted by molar-refractivity contribution is 0.0789. The lowest BCUT2D eigenvalue weighted by Gasteiger charge is -2.25. The van der Waals surface area contributed by atoms with E-state index in [1.807, 2.05) is 0 Å². The van der Waals surface area contributed by atoms with Crippen LogP contribution in [0.2, 0.25) is 0 Å². The van der Waals surface area contributed by atoms with Gasteiger partial charge in [0, 0.05) is 17.0 Å². The predicted octanol–water partition coefficient (Wildman–Crippen LogP) is 1.65. The summed E-state index contributed by atoms with van der Waals surface area (Å²) in [6, 6.07) is 4.76. The van der Waals surface area contributed by atoms with Crippen molar-refractivity contribution in [3.05, 3.63) is 29.3 Å². The van der Waals surface area contributed by atoms with Gasteiger partial charge in [0.2, 0.25) is 0 Å². The van der Waals surface area contributed by atoms with Crippen molar-refractivity contribution in [2.24, 2.45) is 5.92 Å². The van der Waals surface area contributed by atoms with Gasteiger partial charge in [-0.1, -0.05) is 19.1 Å². The van der Waals surface area contributed by atoms with Crippen LogP contribution in [0.1, 0.15) is 35.4 Å². The Balaban J connectivity index is 2.61. The Bertz CT molecular complexity index is 384. The van der Waals surface area contributed by atoms with Gasteiger partial charge in [0.15, 0.2) is 5.78 Å². The molecule has 0 spiro atoms. The highest BCUT2D eigenvalue weighted by Crippen LogP contribution is 2.37. The van der Waals surface area contributed by atoms with Crippen LogP contribution >= 0.6 is 0 Å². The molecule has 0 aliphatic heterocycles. The van der Waals surface area contributed by atoms with Crippen LogP contribution in [0.5, 0.6) is 5.75 Å². The van der Waals surface area contributed by atoms with Crippen molar-refractivity contribution in [3.8, 4) is 5.75 Å². The zero-order chi connectivity index (χ0) is 10.3. The Hall–Kier alpha value is -1.35. The van der Waals surface area contributed by atoms with Crippen LogP contribution in [-0.4, -0.2) is 16.0 Å². The van der Waals surface area contributed by atoms with Crippen molar-refractivity contribution in [2.45, 2.75) is 19.4 Å². The van der Waals surface area contributed by atoms with Gasteiger partial charge in [0.1, 0.15) is 5.75 Å². The van der Waals surface area contributed by atoms with Gasteiger partial charge in [0.25, 0.3) is 0 Å². The van der Waals surface area contributed by atoms with Gasteiger partial charge in [-0.25, -0.2) is 0 Å². The molecule has 0 saturated carbocycles. The number of ketones is 1. The van der Waals surface area contributed by atoms with Crippen LogP contribution in [0.3, 0.4) is 0 Å². The van der Waals surface area contributed by atoms with E-state index in [9.17, 15) is 15.0 Å². The number of hydrogen-bond donors (Lipinski definition) is 2. The number of aliphatic hydroxyl groups excluding tert-OH is 1. The Morgan fingerprint density at radius 2 is 2.14 bits per heavy atom. The highest BCUT2D eigenvalue weighted by atomic mass is 16.3. The van der Waals surface area contributed by atoms with Gasteiger partial charge in [-0.05, 0) is 12.5 Å². The number of fused-ring (bicyclic) bond motifs is 1. The number of phenolic OH excluding ortho intramolecular Hbond substituents is 1. The van der Waals surface area contributed by atoms with E-state index in [-0.39, 0.29) is 17.5 Å². The molecule has 0 amide bonds. The fourth-order valence-corrected chi connectivity index (χ4v) is 1.94. The zero-order valence-electron chi connectivity index (χ0n) is 7.90. The normalized spacial score (nSPS) is 26.0. The number of hydrogen-bond acceptors (Lipinski definition) is 3. The fourth-order valence-electron chi connectivity index (χ4n) is 1.94. The average molecular weight is 192 g/mol. The maximum atomic E-state index is 11.7. The molecule has 1 aromatic rings. The third kappa shape index (κ3) is 1.21. The second-order valence-electron chi connectivity index (χ2n) is 3.76. The minimum atomic E-state index is -0.723. The summed E-state index contributed by atoms with van der Waals surface area (Å²) in [5, 5.41) is 19.2. The number of carbonyl (C=O) groups is 1. The summed E-state index contributed by atoms with van der Waals surface area (Å²) in [5.41, 5.74) is 0.840. The van der Waals surface area contributed by atoms with Gasteiger partial charge in [0.05, 0.1) is 6.10 Å². The number of phenols is 1. The molecule has 0 unspecified atom stereocenters. The van der Waals surface area contributed by atoms with E-state index in [0.717, 1.165) is 0 Å². The zero-order valence-corrected chi connectivity index (χ0v) is 7.90. The topological polar surface area (TPSA) is 57.5 Å². The van der Waals surface area contributed by atoms with Gasteiger partial charge in [-0.3, -0.25) is 4.79 Å². The first-order valence-electron chi connectivity index (χ1n) is 4.65. The Morgan fingerprint density at radius 1 is 1.43 bits per heavy atom. The van der Waals surface area contributed by atoms with Crippen molar-refractivity contribution in [3.63, 3.8) is 0 Å². The first-order chi connectivity index (χ1) is 6.61. The lowest BCUT2D eigenvalue weighted by Crippen LogP contribution is -2.23. The molecule has 3 heteroatoms. The largest absolute Gasteiger partial charge is 0.508 e. The van der Waals surface area contributed by atoms with Gasteiger partial charge in [-0.2, -0.15) is 0 Å². The van der Waals surface area contributed by atoms with Crippen molar-refractivity contribution in [1.82, 2.24) is 0 Å². The molecule has 1 aromatic carbocycles. The number of benzene rings is 1. The van der Waals surface area contributed by atoms with Crippen LogP contribution in [-0.2, 0) is 0 Å². The van der Waals surface area contributed by atoms with Crippen LogP contribution in [0, 0.1) is 5.92 Å². The van der Waals surface area contributed by atoms with Crippen molar-refractivity contribution >= 4 is 5.78 Å². The standard InChI is InChI=1S/C11H12O3/c1-6-5-9(13)10-7(11(6)14)3-2-4-8(10)12/h2-4,6,9,12-13H,5H2,1H3/t6-,9+/m1/s1. The number of carbonyl (C=O) groups excluding carboxylic acids is 1. The van der Waals surface area contributed by atoms with Crippen LogP contribution in [0.25, 0.3) is 0 Å². The monoisotopic (exact) mass is 192 g/mol. The Kier molecular flexibility index (Phi) is 2.04. The van der Waals surface area contributed by atoms with Crippen molar-refractivity contribution < 1.29 is 15.0 Å². The average Bonchev–Trinajstić information content (AvgIpc) is 2.14. The number of aromatic hydroxyl groups is 1. The third-order valence-electron chi connectivity index (χ3n) is 2.71. The predicted molar refractivity (Wildman–Crippen MR) is 51.2 cm³/mol. The van der Waals surface area contributed by atoms with Gasteiger partial charge >= 0.3 is 0 Å². The van der Waals surface area contributed by atoms with Gasteiger partial charge in [-0.15, -0.1) is 0 Å². The summed E-state index contributed by atoms with van der Waals surface area (Å²) in [4.78, 5) is 11.7. The minimum Gasteiger partial charge on any atom is -0.508 e. The quantitative estimate of drug-likeness (QED) is 0.657. The lowest BCUT2D eigenvalue weighted by atomic mass is 9.81. The summed E-state index contributed by atoms with van der Waals surface area (Å²) in [5.74, 6) is -0.157. The summed E-state index contributed by atoms with van der Waals surface area (Å²) in [6.07, 6.45) is -0.331. The first-order valence-corrected chi connectivity index (χ1v) is 4.65. The molecule has 0 saturated heterocycles. The van der Waals surface area contributed by atoms with E-state index in [1.165, 1.54) is 6.07 Å². The van der Waals surface area contributed by atoms with Crippen LogP contribution < -0.4 is 0 Å². The molecule has 74 valence electrons. The van der Waals surface area contributed by atoms with E-state index in [0.29, 0.717) is 17.5 Å². The minimum absolute atomic E-state index is 0.00111. The smallest absolute Gasteiger partial charge is 0.166 e. The number of Topliss-reactive ketones (excluding diaryl/α,β-unsaturated/α-hetero) is 1. The van der Waals surface area contributed by atoms with Gasteiger partial charge < -0.3 is 10.2 Å². The van der Waals surface area contributed by atoms with Crippen LogP contribution in [0.4, 0.5) is 0 Å². The molecule has 1 aliphatic rings. The molecule has 3 nitrogen and oxygen atoms in total. The second-order valence-corrected chi connectivity index (χ2v) is 3.76. The van der Waals surface area contributed by atoms with E-state index in [1.54, 1.807) is 19.1 Å². The molecule has 14 heavy (non-hydrogen) atoms. The Labute approximate surface area is 82.0 Å². The molecule has 0 bridgehead atoms. The highest BCUT2D eigenvalue weighted by Gasteiger charge is 2.31. The maximum Gasteiger partial charge on any atom is 0.166 e. The Morgan fingerprint density at radius 3 is 2.86 bits per heavy atom. The number of rotatable bonds is 0. The first kappa shape index (κ1) is 9.21. The number of aliphatic hydroxyl groups is 1. The summed E-state index contributed by atoms with van der Waals surface area (Å²) in [7, 11) is 0. The van der Waals surface area contributed by atoms with Crippen molar-refractivity contribution in [1.29, 1.82) is 0 Å². The molecule has 0 heterocycles. The molecule has 2 rings (SSSR count). The highest BCUT2D eigenvalue weighted by molar-refractivity contribution is 6.00. The van der Waals surface area contributed by atoms with Crippen molar-refractivity contribution in [2.75, 3.05) is 0 Å². The van der Waals surface area contributed by atoms with E-state index >= 15 is 0 Å². The summed E-state index contributed by atoms with van der Waals surface area (Å²) in [6.45, 7) is 1.79. The van der Waals surface area contributed by atoms with Crippen LogP contribution in [0.15, 0.2) is 18.2 Å². The fraction of sp³-hybridized carbons (Fsp3) is 0.364. The molecule has 2 N–H and O–H groups in total. The molecular formula is C11H12O3. The van der Waals surface area contributed by atoms with E-state index in [4.69, 9.17) is 0 Å². The molecule has 0 aromatic heterocycles. The molecular weight excluding hydrogens is 180 g/mol. The molecule has 1 aliphatic carbocycles. The SMILES string of the molecule is C[C@@H]1C[C@H](O)c2c(O)cccc2C1=O. The molecule has 0 fully saturated rings. The third-order valence-corrected chi connectivity index (χ3v) is 2.71. The van der Waals surface area contributed by atoms with E-state index in [2.05, 4.69) is 0 Å². The van der Waals surface area contributed by atoms with E-state index < -0.39 is 6.10 Å². The second kappa shape index (κ2) is 3.10. The summed E-state index contributed by atoms with van der Waals surface area (Å²) < 4.78 is 0. The molecule has 2 atom stereocenters.